The van der Waals surface area contributed by atoms with Gasteiger partial charge in [-0.2, -0.15) is 0 Å². The number of aliphatic hydroxyl groups excluding tert-OH is 2. The molecule has 2 aromatic carbocycles. The van der Waals surface area contributed by atoms with Crippen LogP contribution in [-0.4, -0.2) is 83.5 Å². The molecule has 5 N–H and O–H groups in total. The topological polar surface area (TPSA) is 164 Å². The molecule has 0 bridgehead atoms. The molecule has 0 unspecified atom stereocenters. The molecular weight excluding hydrogens is 532 g/mol. The maximum absolute atomic E-state index is 13.1. The highest BCUT2D eigenvalue weighted by Gasteiger charge is 2.43. The Morgan fingerprint density at radius 1 is 1.15 bits per heavy atom. The van der Waals surface area contributed by atoms with Crippen molar-refractivity contribution in [2.45, 2.75) is 50.2 Å². The number of allylic oxidation sites excluding steroid dienone is 1. The minimum absolute atomic E-state index is 0.00699. The second kappa shape index (κ2) is 14.0. The van der Waals surface area contributed by atoms with Crippen LogP contribution in [0, 0.1) is 0 Å². The third kappa shape index (κ3) is 7.80. The number of hydrogen-bond acceptors (Lipinski definition) is 9. The average molecular weight is 567 g/mol. The number of fused-ring (bicyclic) bond motifs is 1. The lowest BCUT2D eigenvalue weighted by Gasteiger charge is -2.31. The van der Waals surface area contributed by atoms with Gasteiger partial charge < -0.3 is 40.2 Å². The number of aliphatic hydroxyl groups is 2. The number of carbonyl (C=O) groups excluding carboxylic acids is 3. The van der Waals surface area contributed by atoms with Gasteiger partial charge in [0.15, 0.2) is 0 Å². The normalized spacial score (nSPS) is 21.4. The number of rotatable bonds is 11. The summed E-state index contributed by atoms with van der Waals surface area (Å²) in [4.78, 5) is 38.5. The van der Waals surface area contributed by atoms with E-state index in [4.69, 9.17) is 19.3 Å². The van der Waals surface area contributed by atoms with Crippen LogP contribution in [0.2, 0.25) is 0 Å². The minimum atomic E-state index is -1.25. The van der Waals surface area contributed by atoms with Crippen LogP contribution >= 0.6 is 0 Å². The van der Waals surface area contributed by atoms with Crippen molar-refractivity contribution in [2.24, 2.45) is 0 Å². The van der Waals surface area contributed by atoms with E-state index in [1.807, 2.05) is 30.4 Å². The summed E-state index contributed by atoms with van der Waals surface area (Å²) in [6.45, 7) is 1.01. The first-order chi connectivity index (χ1) is 19.8. The van der Waals surface area contributed by atoms with Gasteiger partial charge in [-0.15, -0.1) is 0 Å². The zero-order valence-corrected chi connectivity index (χ0v) is 22.6. The Morgan fingerprint density at radius 2 is 1.95 bits per heavy atom. The van der Waals surface area contributed by atoms with E-state index in [9.17, 15) is 24.6 Å². The highest BCUT2D eigenvalue weighted by Crippen LogP contribution is 2.31. The van der Waals surface area contributed by atoms with Crippen LogP contribution in [0.25, 0.3) is 6.08 Å². The van der Waals surface area contributed by atoms with Crippen molar-refractivity contribution in [3.63, 3.8) is 0 Å². The van der Waals surface area contributed by atoms with Gasteiger partial charge >= 0.3 is 5.97 Å². The van der Waals surface area contributed by atoms with Crippen molar-refractivity contribution in [3.05, 3.63) is 82.9 Å². The summed E-state index contributed by atoms with van der Waals surface area (Å²) < 4.78 is 17.0. The van der Waals surface area contributed by atoms with Crippen molar-refractivity contribution in [1.82, 2.24) is 10.6 Å². The highest BCUT2D eigenvalue weighted by atomic mass is 16.7. The van der Waals surface area contributed by atoms with E-state index in [-0.39, 0.29) is 37.7 Å². The first-order valence-corrected chi connectivity index (χ1v) is 13.3. The van der Waals surface area contributed by atoms with E-state index in [0.717, 1.165) is 11.1 Å². The molecule has 0 saturated carbocycles. The molecule has 1 aliphatic heterocycles. The molecule has 1 fully saturated rings. The van der Waals surface area contributed by atoms with E-state index < -0.39 is 48.2 Å². The molecular formula is C30H34N2O9. The molecule has 4 rings (SSSR count). The minimum Gasteiger partial charge on any atom is -0.508 e. The largest absolute Gasteiger partial charge is 0.508 e. The standard InChI is InChI=1S/C30H34N2O9/c1-18(34)26(29(37)31-12-13-33)32-28(36)22-15-24-27(40-17-39-24)25(16-22)41-30(38)21-10-5-7-19(14-21)6-4-9-20-8-2-3-11-23(20)35/h2-8,10-11,14-15,18,24-27,33-35H,9,12-13,16-17H2,1H3,(H,31,37)(H,32,36)/t18-,24+,25+,26+,27+/m0/s1. The fourth-order valence-electron chi connectivity index (χ4n) is 4.63. The maximum atomic E-state index is 13.1. The van der Waals surface area contributed by atoms with Crippen molar-refractivity contribution in [3.8, 4) is 5.75 Å². The van der Waals surface area contributed by atoms with Gasteiger partial charge in [0.2, 0.25) is 11.8 Å². The summed E-state index contributed by atoms with van der Waals surface area (Å²) in [7, 11) is 0. The second-order valence-corrected chi connectivity index (χ2v) is 9.79. The van der Waals surface area contributed by atoms with E-state index in [0.29, 0.717) is 12.0 Å². The summed E-state index contributed by atoms with van der Waals surface area (Å²) in [6, 6.07) is 12.7. The summed E-state index contributed by atoms with van der Waals surface area (Å²) in [5.74, 6) is -1.66. The molecule has 2 aliphatic rings. The molecule has 0 spiro atoms. The number of para-hydroxylation sites is 1. The van der Waals surface area contributed by atoms with Gasteiger partial charge in [0.25, 0.3) is 0 Å². The molecule has 0 aromatic heterocycles. The van der Waals surface area contributed by atoms with Gasteiger partial charge in [0, 0.05) is 18.5 Å². The number of carbonyl (C=O) groups is 3. The Kier molecular flexibility index (Phi) is 10.3. The summed E-state index contributed by atoms with van der Waals surface area (Å²) in [5.41, 5.74) is 2.07. The molecule has 2 amide bonds. The van der Waals surface area contributed by atoms with Crippen LogP contribution in [0.15, 0.2) is 66.3 Å². The van der Waals surface area contributed by atoms with Crippen LogP contribution in [-0.2, 0) is 30.2 Å². The molecule has 11 nitrogen and oxygen atoms in total. The third-order valence-corrected chi connectivity index (χ3v) is 6.77. The van der Waals surface area contributed by atoms with Crippen molar-refractivity contribution in [1.29, 1.82) is 0 Å². The van der Waals surface area contributed by atoms with E-state index in [1.165, 1.54) is 6.92 Å². The first kappa shape index (κ1) is 29.9. The number of phenols is 1. The van der Waals surface area contributed by atoms with Crippen LogP contribution < -0.4 is 10.6 Å². The molecule has 11 heteroatoms. The number of nitrogens with one attached hydrogen (secondary N) is 2. The van der Waals surface area contributed by atoms with Gasteiger partial charge in [-0.1, -0.05) is 42.5 Å². The monoisotopic (exact) mass is 566 g/mol. The van der Waals surface area contributed by atoms with Gasteiger partial charge in [0.1, 0.15) is 36.9 Å². The SMILES string of the molecule is C[C@H](O)[C@@H](NC(=O)C1=C[C@H]2OCO[C@H]2[C@H](OC(=O)c2cccc(C=CCc3ccccc3O)c2)C1)C(=O)NCCO. The van der Waals surface area contributed by atoms with Gasteiger partial charge in [-0.05, 0) is 48.7 Å². The molecule has 1 saturated heterocycles. The Bertz CT molecular complexity index is 1310. The van der Waals surface area contributed by atoms with Gasteiger partial charge in [-0.3, -0.25) is 9.59 Å². The Morgan fingerprint density at radius 3 is 2.71 bits per heavy atom. The van der Waals surface area contributed by atoms with E-state index in [2.05, 4.69) is 10.6 Å². The number of esters is 1. The quantitative estimate of drug-likeness (QED) is 0.252. The summed E-state index contributed by atoms with van der Waals surface area (Å²) in [5, 5.41) is 33.9. The van der Waals surface area contributed by atoms with Crippen molar-refractivity contribution >= 4 is 23.9 Å². The molecule has 218 valence electrons. The highest BCUT2D eigenvalue weighted by molar-refractivity contribution is 5.97. The third-order valence-electron chi connectivity index (χ3n) is 6.77. The lowest BCUT2D eigenvalue weighted by atomic mass is 9.91. The number of ether oxygens (including phenoxy) is 3. The molecule has 1 aliphatic carbocycles. The Labute approximate surface area is 237 Å². The first-order valence-electron chi connectivity index (χ1n) is 13.3. The van der Waals surface area contributed by atoms with Crippen molar-refractivity contribution in [2.75, 3.05) is 19.9 Å². The Balaban J connectivity index is 1.42. The lowest BCUT2D eigenvalue weighted by molar-refractivity contribution is -0.130. The number of aromatic hydroxyl groups is 1. The summed E-state index contributed by atoms with van der Waals surface area (Å²) in [6.07, 6.45) is 2.52. The molecule has 2 aromatic rings. The number of amides is 2. The Hall–Kier alpha value is -4.03. The zero-order valence-electron chi connectivity index (χ0n) is 22.6. The van der Waals surface area contributed by atoms with Crippen LogP contribution in [0.3, 0.4) is 0 Å². The predicted molar refractivity (Wildman–Crippen MR) is 148 cm³/mol. The second-order valence-electron chi connectivity index (χ2n) is 9.79. The van der Waals surface area contributed by atoms with E-state index in [1.54, 1.807) is 36.4 Å². The van der Waals surface area contributed by atoms with Crippen LogP contribution in [0.4, 0.5) is 0 Å². The molecule has 41 heavy (non-hydrogen) atoms. The molecule has 5 atom stereocenters. The van der Waals surface area contributed by atoms with Crippen LogP contribution in [0.5, 0.6) is 5.75 Å². The average Bonchev–Trinajstić information content (AvgIpc) is 3.45. The van der Waals surface area contributed by atoms with Gasteiger partial charge in [-0.25, -0.2) is 4.79 Å². The molecule has 1 heterocycles. The summed E-state index contributed by atoms with van der Waals surface area (Å²) >= 11 is 0. The van der Waals surface area contributed by atoms with Crippen molar-refractivity contribution < 1.29 is 43.9 Å². The maximum Gasteiger partial charge on any atom is 0.338 e. The fraction of sp³-hybridized carbons (Fsp3) is 0.367. The number of benzene rings is 2. The lowest BCUT2D eigenvalue weighted by Crippen LogP contribution is -2.54. The number of phenolic OH excluding ortho intramolecular Hbond substituents is 1. The van der Waals surface area contributed by atoms with Gasteiger partial charge in [0.05, 0.1) is 18.3 Å². The predicted octanol–water partition coefficient (Wildman–Crippen LogP) is 1.22. The van der Waals surface area contributed by atoms with E-state index >= 15 is 0 Å². The fourth-order valence-corrected chi connectivity index (χ4v) is 4.63. The molecule has 0 radical (unpaired) electrons. The van der Waals surface area contributed by atoms with Crippen LogP contribution in [0.1, 0.15) is 34.8 Å². The smallest absolute Gasteiger partial charge is 0.338 e. The zero-order chi connectivity index (χ0) is 29.4. The number of hydrogen-bond donors (Lipinski definition) is 5.